The molecule has 1 aliphatic rings. The maximum absolute atomic E-state index is 3.36. The van der Waals surface area contributed by atoms with E-state index in [1.54, 1.807) is 0 Å². The summed E-state index contributed by atoms with van der Waals surface area (Å²) in [7, 11) is 2.06. The number of hydrogen-bond donors (Lipinski definition) is 1. The van der Waals surface area contributed by atoms with E-state index in [0.29, 0.717) is 6.04 Å². The molecule has 0 saturated carbocycles. The number of nitrogens with zero attached hydrogens (tertiary/aromatic N) is 1. The van der Waals surface area contributed by atoms with Crippen molar-refractivity contribution in [3.8, 4) is 0 Å². The van der Waals surface area contributed by atoms with Crippen molar-refractivity contribution < 1.29 is 0 Å². The molecule has 1 aromatic carbocycles. The largest absolute Gasteiger partial charge is 0.316 e. The lowest BCUT2D eigenvalue weighted by atomic mass is 10.1. The van der Waals surface area contributed by atoms with Gasteiger partial charge in [-0.2, -0.15) is 0 Å². The number of aryl methyl sites for hydroxylation is 1. The number of likely N-dealkylation sites (N-methyl/N-ethyl adjacent to an activating group) is 1. The molecule has 1 N–H and O–H groups in total. The van der Waals surface area contributed by atoms with Crippen LogP contribution in [0.4, 0.5) is 0 Å². The first-order valence-corrected chi connectivity index (χ1v) is 6.23. The molecule has 2 nitrogen and oxygen atoms in total. The molecule has 16 heavy (non-hydrogen) atoms. The zero-order valence-corrected chi connectivity index (χ0v) is 10.4. The van der Waals surface area contributed by atoms with E-state index in [-0.39, 0.29) is 0 Å². The summed E-state index contributed by atoms with van der Waals surface area (Å²) in [5.74, 6) is 0. The van der Waals surface area contributed by atoms with Gasteiger partial charge in [-0.25, -0.2) is 0 Å². The van der Waals surface area contributed by atoms with Gasteiger partial charge in [-0.1, -0.05) is 24.3 Å². The molecule has 2 rings (SSSR count). The van der Waals surface area contributed by atoms with E-state index in [2.05, 4.69) is 48.5 Å². The monoisotopic (exact) mass is 218 g/mol. The molecule has 0 aliphatic carbocycles. The molecule has 88 valence electrons. The first-order valence-electron chi connectivity index (χ1n) is 6.23. The quantitative estimate of drug-likeness (QED) is 0.829. The van der Waals surface area contributed by atoms with Gasteiger partial charge >= 0.3 is 0 Å². The fourth-order valence-electron chi connectivity index (χ4n) is 2.44. The predicted octanol–water partition coefficient (Wildman–Crippen LogP) is 1.83. The first-order chi connectivity index (χ1) is 7.79. The molecular formula is C14H22N2. The molecule has 1 saturated heterocycles. The van der Waals surface area contributed by atoms with E-state index in [9.17, 15) is 0 Å². The summed E-state index contributed by atoms with van der Waals surface area (Å²) in [6, 6.07) is 9.42. The predicted molar refractivity (Wildman–Crippen MR) is 68.8 cm³/mol. The highest BCUT2D eigenvalue weighted by Gasteiger charge is 2.20. The fourth-order valence-corrected chi connectivity index (χ4v) is 2.44. The normalized spacial score (nSPS) is 21.5. The van der Waals surface area contributed by atoms with Crippen LogP contribution in [0.25, 0.3) is 0 Å². The highest BCUT2D eigenvalue weighted by Crippen LogP contribution is 2.12. The average molecular weight is 218 g/mol. The molecule has 0 aromatic heterocycles. The van der Waals surface area contributed by atoms with Crippen molar-refractivity contribution in [2.75, 3.05) is 26.7 Å². The number of benzene rings is 1. The van der Waals surface area contributed by atoms with Gasteiger partial charge in [0.05, 0.1) is 0 Å². The minimum absolute atomic E-state index is 0.705. The average Bonchev–Trinajstić information content (AvgIpc) is 2.76. The molecule has 0 bridgehead atoms. The number of hydrogen-bond acceptors (Lipinski definition) is 2. The zero-order chi connectivity index (χ0) is 11.4. The third-order valence-corrected chi connectivity index (χ3v) is 3.64. The molecule has 1 aromatic rings. The van der Waals surface area contributed by atoms with E-state index < -0.39 is 0 Å². The van der Waals surface area contributed by atoms with Crippen LogP contribution in [0, 0.1) is 6.92 Å². The molecule has 1 heterocycles. The Balaban J connectivity index is 1.82. The van der Waals surface area contributed by atoms with Gasteiger partial charge in [-0.15, -0.1) is 0 Å². The highest BCUT2D eigenvalue weighted by molar-refractivity contribution is 5.25. The fraction of sp³-hybridized carbons (Fsp3) is 0.571. The van der Waals surface area contributed by atoms with Crippen molar-refractivity contribution in [2.45, 2.75) is 25.8 Å². The van der Waals surface area contributed by atoms with Gasteiger partial charge < -0.3 is 10.2 Å². The molecule has 1 fully saturated rings. The number of likely N-dealkylation sites (tertiary alicyclic amines) is 1. The van der Waals surface area contributed by atoms with Crippen molar-refractivity contribution in [2.24, 2.45) is 0 Å². The number of rotatable bonds is 4. The minimum atomic E-state index is 0.705. The van der Waals surface area contributed by atoms with Gasteiger partial charge in [0, 0.05) is 19.1 Å². The topological polar surface area (TPSA) is 15.3 Å². The smallest absolute Gasteiger partial charge is 0.0204 e. The molecule has 1 aliphatic heterocycles. The molecular weight excluding hydrogens is 196 g/mol. The van der Waals surface area contributed by atoms with Gasteiger partial charge in [-0.05, 0) is 44.5 Å². The molecule has 0 radical (unpaired) electrons. The van der Waals surface area contributed by atoms with E-state index in [0.717, 1.165) is 0 Å². The van der Waals surface area contributed by atoms with Crippen LogP contribution in [-0.2, 0) is 6.42 Å². The summed E-state index contributed by atoms with van der Waals surface area (Å²) in [6.45, 7) is 5.86. The van der Waals surface area contributed by atoms with Crippen molar-refractivity contribution in [1.29, 1.82) is 0 Å². The maximum Gasteiger partial charge on any atom is 0.0204 e. The van der Waals surface area contributed by atoms with Crippen LogP contribution in [0.2, 0.25) is 0 Å². The zero-order valence-electron chi connectivity index (χ0n) is 10.4. The Hall–Kier alpha value is -0.860. The summed E-state index contributed by atoms with van der Waals surface area (Å²) in [5.41, 5.74) is 2.92. The summed E-state index contributed by atoms with van der Waals surface area (Å²) in [5, 5.41) is 3.36. The Kier molecular flexibility index (Phi) is 3.97. The molecule has 2 heteroatoms. The lowest BCUT2D eigenvalue weighted by Gasteiger charge is -2.16. The van der Waals surface area contributed by atoms with Gasteiger partial charge in [0.2, 0.25) is 0 Å². The highest BCUT2D eigenvalue weighted by atomic mass is 15.2. The Morgan fingerprint density at radius 2 is 2.19 bits per heavy atom. The summed E-state index contributed by atoms with van der Waals surface area (Å²) in [4.78, 5) is 2.56. The summed E-state index contributed by atoms with van der Waals surface area (Å²) >= 11 is 0. The Labute approximate surface area is 98.7 Å². The standard InChI is InChI=1S/C14H22N2/c1-12-5-3-4-6-13(12)7-9-16-10-8-14(11-16)15-2/h3-6,14-15H,7-11H2,1-2H3. The van der Waals surface area contributed by atoms with Crippen molar-refractivity contribution in [3.63, 3.8) is 0 Å². The van der Waals surface area contributed by atoms with E-state index >= 15 is 0 Å². The van der Waals surface area contributed by atoms with Crippen molar-refractivity contribution in [3.05, 3.63) is 35.4 Å². The van der Waals surface area contributed by atoms with E-state index in [4.69, 9.17) is 0 Å². The second kappa shape index (κ2) is 5.46. The first kappa shape index (κ1) is 11.6. The Bertz CT molecular complexity index is 335. The van der Waals surface area contributed by atoms with E-state index in [1.165, 1.54) is 43.6 Å². The van der Waals surface area contributed by atoms with Crippen molar-refractivity contribution >= 4 is 0 Å². The second-order valence-electron chi connectivity index (χ2n) is 4.75. The van der Waals surface area contributed by atoms with Crippen LogP contribution in [0.3, 0.4) is 0 Å². The lowest BCUT2D eigenvalue weighted by Crippen LogP contribution is -2.30. The lowest BCUT2D eigenvalue weighted by molar-refractivity contribution is 0.334. The second-order valence-corrected chi connectivity index (χ2v) is 4.75. The van der Waals surface area contributed by atoms with Crippen LogP contribution in [0.5, 0.6) is 0 Å². The Morgan fingerprint density at radius 1 is 1.38 bits per heavy atom. The molecule has 0 amide bonds. The van der Waals surface area contributed by atoms with Gasteiger partial charge in [0.1, 0.15) is 0 Å². The van der Waals surface area contributed by atoms with Crippen LogP contribution in [-0.4, -0.2) is 37.6 Å². The SMILES string of the molecule is CNC1CCN(CCc2ccccc2C)C1. The third kappa shape index (κ3) is 2.83. The van der Waals surface area contributed by atoms with Crippen LogP contribution in [0.1, 0.15) is 17.5 Å². The molecule has 1 atom stereocenters. The van der Waals surface area contributed by atoms with Crippen LogP contribution in [0.15, 0.2) is 24.3 Å². The summed E-state index contributed by atoms with van der Waals surface area (Å²) < 4.78 is 0. The summed E-state index contributed by atoms with van der Waals surface area (Å²) in [6.07, 6.45) is 2.48. The number of nitrogens with one attached hydrogen (secondary N) is 1. The van der Waals surface area contributed by atoms with Gasteiger partial charge in [0.15, 0.2) is 0 Å². The Morgan fingerprint density at radius 3 is 2.88 bits per heavy atom. The molecule has 0 spiro atoms. The minimum Gasteiger partial charge on any atom is -0.316 e. The van der Waals surface area contributed by atoms with Crippen LogP contribution >= 0.6 is 0 Å². The maximum atomic E-state index is 3.36. The van der Waals surface area contributed by atoms with Gasteiger partial charge in [0.25, 0.3) is 0 Å². The molecule has 1 unspecified atom stereocenters. The third-order valence-electron chi connectivity index (χ3n) is 3.64. The van der Waals surface area contributed by atoms with E-state index in [1.807, 2.05) is 0 Å². The van der Waals surface area contributed by atoms with Crippen molar-refractivity contribution in [1.82, 2.24) is 10.2 Å². The van der Waals surface area contributed by atoms with Crippen LogP contribution < -0.4 is 5.32 Å². The van der Waals surface area contributed by atoms with Gasteiger partial charge in [-0.3, -0.25) is 0 Å².